The lowest BCUT2D eigenvalue weighted by Crippen LogP contribution is -2.50. The third kappa shape index (κ3) is 4.40. The van der Waals surface area contributed by atoms with Crippen LogP contribution in [-0.4, -0.2) is 29.4 Å². The third-order valence-electron chi connectivity index (χ3n) is 2.18. The first-order valence-corrected chi connectivity index (χ1v) is 5.03. The zero-order chi connectivity index (χ0) is 13.7. The van der Waals surface area contributed by atoms with Gasteiger partial charge in [0.15, 0.2) is 6.61 Å². The highest BCUT2D eigenvalue weighted by Gasteiger charge is 2.45. The second-order valence-corrected chi connectivity index (χ2v) is 4.47. The Kier molecular flexibility index (Phi) is 5.10. The van der Waals surface area contributed by atoms with Crippen LogP contribution in [0.2, 0.25) is 0 Å². The Morgan fingerprint density at radius 3 is 2.00 bits per heavy atom. The maximum Gasteiger partial charge on any atom is 0.332 e. The molecule has 0 saturated heterocycles. The lowest BCUT2D eigenvalue weighted by Gasteiger charge is -2.37. The molecular formula is C12H18O5. The van der Waals surface area contributed by atoms with E-state index in [1.807, 2.05) is 0 Å². The van der Waals surface area contributed by atoms with Crippen LogP contribution in [0.5, 0.6) is 0 Å². The van der Waals surface area contributed by atoms with Crippen LogP contribution in [0.3, 0.4) is 0 Å². The molecule has 1 atom stereocenters. The second kappa shape index (κ2) is 5.63. The zero-order valence-corrected chi connectivity index (χ0v) is 10.4. The summed E-state index contributed by atoms with van der Waals surface area (Å²) in [6.07, 6.45) is 1.88. The molecular weight excluding hydrogens is 224 g/mol. The van der Waals surface area contributed by atoms with Gasteiger partial charge in [0.25, 0.3) is 5.79 Å². The van der Waals surface area contributed by atoms with Crippen molar-refractivity contribution < 1.29 is 24.2 Å². The van der Waals surface area contributed by atoms with Gasteiger partial charge in [-0.15, -0.1) is 0 Å². The van der Waals surface area contributed by atoms with Gasteiger partial charge in [-0.05, 0) is 0 Å². The molecule has 96 valence electrons. The Morgan fingerprint density at radius 1 is 1.18 bits per heavy atom. The number of hydrogen-bond donors (Lipinski definition) is 1. The summed E-state index contributed by atoms with van der Waals surface area (Å²) in [6, 6.07) is 0. The molecule has 1 N–H and O–H groups in total. The molecule has 0 rings (SSSR count). The lowest BCUT2D eigenvalue weighted by molar-refractivity contribution is -0.265. The van der Waals surface area contributed by atoms with Gasteiger partial charge in [0.2, 0.25) is 0 Å². The van der Waals surface area contributed by atoms with E-state index >= 15 is 0 Å². The average molecular weight is 242 g/mol. The van der Waals surface area contributed by atoms with Gasteiger partial charge in [-0.2, -0.15) is 0 Å². The molecule has 0 radical (unpaired) electrons. The lowest BCUT2D eigenvalue weighted by atomic mass is 9.86. The normalized spacial score (nSPS) is 14.4. The Balaban J connectivity index is 4.85. The van der Waals surface area contributed by atoms with Crippen molar-refractivity contribution in [3.05, 3.63) is 25.3 Å². The molecule has 0 aliphatic carbocycles. The zero-order valence-electron chi connectivity index (χ0n) is 10.4. The van der Waals surface area contributed by atoms with Crippen molar-refractivity contribution in [3.8, 4) is 0 Å². The molecule has 0 fully saturated rings. The minimum atomic E-state index is -1.92. The maximum atomic E-state index is 11.1. The van der Waals surface area contributed by atoms with E-state index in [4.69, 9.17) is 9.47 Å². The fourth-order valence-electron chi connectivity index (χ4n) is 0.835. The molecule has 0 amide bonds. The van der Waals surface area contributed by atoms with E-state index in [2.05, 4.69) is 13.2 Å². The fraction of sp³-hybridized carbons (Fsp3) is 0.500. The van der Waals surface area contributed by atoms with Gasteiger partial charge in [-0.3, -0.25) is 0 Å². The molecule has 0 aliphatic heterocycles. The number of aliphatic hydroxyl groups is 1. The van der Waals surface area contributed by atoms with E-state index in [1.54, 1.807) is 20.8 Å². The van der Waals surface area contributed by atoms with Gasteiger partial charge in [0.1, 0.15) is 0 Å². The molecule has 0 aromatic rings. The topological polar surface area (TPSA) is 72.8 Å². The van der Waals surface area contributed by atoms with Crippen molar-refractivity contribution in [1.82, 2.24) is 0 Å². The second-order valence-electron chi connectivity index (χ2n) is 4.47. The summed E-state index contributed by atoms with van der Waals surface area (Å²) < 4.78 is 9.54. The first-order valence-electron chi connectivity index (χ1n) is 5.03. The monoisotopic (exact) mass is 242 g/mol. The van der Waals surface area contributed by atoms with Crippen LogP contribution in [0.25, 0.3) is 0 Å². The van der Waals surface area contributed by atoms with Crippen LogP contribution < -0.4 is 0 Å². The number of rotatable bonds is 5. The number of ether oxygens (including phenoxy) is 2. The Labute approximate surface area is 101 Å². The van der Waals surface area contributed by atoms with Crippen molar-refractivity contribution in [2.75, 3.05) is 6.61 Å². The van der Waals surface area contributed by atoms with Crippen LogP contribution in [-0.2, 0) is 19.1 Å². The number of hydrogen-bond acceptors (Lipinski definition) is 5. The summed E-state index contributed by atoms with van der Waals surface area (Å²) in [4.78, 5) is 22.1. The highest BCUT2D eigenvalue weighted by Crippen LogP contribution is 2.32. The molecule has 0 heterocycles. The van der Waals surface area contributed by atoms with Crippen molar-refractivity contribution >= 4 is 11.9 Å². The molecule has 5 heteroatoms. The Morgan fingerprint density at radius 2 is 1.65 bits per heavy atom. The molecule has 5 nitrogen and oxygen atoms in total. The van der Waals surface area contributed by atoms with Crippen LogP contribution in [0.15, 0.2) is 25.3 Å². The highest BCUT2D eigenvalue weighted by molar-refractivity contribution is 5.82. The molecule has 0 bridgehead atoms. The molecule has 0 aliphatic rings. The van der Waals surface area contributed by atoms with E-state index in [1.165, 1.54) is 0 Å². The third-order valence-corrected chi connectivity index (χ3v) is 2.18. The van der Waals surface area contributed by atoms with Gasteiger partial charge in [-0.1, -0.05) is 33.9 Å². The van der Waals surface area contributed by atoms with Crippen LogP contribution in [0, 0.1) is 5.41 Å². The average Bonchev–Trinajstić information content (AvgIpc) is 2.24. The van der Waals surface area contributed by atoms with Crippen molar-refractivity contribution in [2.45, 2.75) is 26.6 Å². The summed E-state index contributed by atoms with van der Waals surface area (Å²) in [6.45, 7) is 10.9. The first kappa shape index (κ1) is 15.4. The van der Waals surface area contributed by atoms with Gasteiger partial charge in [0, 0.05) is 17.6 Å². The Bertz CT molecular complexity index is 326. The maximum absolute atomic E-state index is 11.1. The SMILES string of the molecule is C=CC(=O)OCC(O)(OC(=O)C=C)C(C)(C)C. The van der Waals surface area contributed by atoms with Crippen molar-refractivity contribution in [3.63, 3.8) is 0 Å². The molecule has 0 aromatic heterocycles. The molecule has 0 spiro atoms. The predicted octanol–water partition coefficient (Wildman–Crippen LogP) is 1.18. The minimum absolute atomic E-state index is 0.471. The summed E-state index contributed by atoms with van der Waals surface area (Å²) in [7, 11) is 0. The minimum Gasteiger partial charge on any atom is -0.456 e. The van der Waals surface area contributed by atoms with E-state index in [-0.39, 0.29) is 0 Å². The highest BCUT2D eigenvalue weighted by atomic mass is 16.7. The summed E-state index contributed by atoms with van der Waals surface area (Å²) in [5.41, 5.74) is -0.826. The predicted molar refractivity (Wildman–Crippen MR) is 61.8 cm³/mol. The standard InChI is InChI=1S/C12H18O5/c1-6-9(13)16-8-12(15,11(3,4)5)17-10(14)7-2/h6-7,15H,1-2,8H2,3-5H3. The van der Waals surface area contributed by atoms with Crippen LogP contribution >= 0.6 is 0 Å². The Hall–Kier alpha value is -1.62. The van der Waals surface area contributed by atoms with Crippen LogP contribution in [0.4, 0.5) is 0 Å². The first-order chi connectivity index (χ1) is 7.66. The molecule has 1 unspecified atom stereocenters. The van der Waals surface area contributed by atoms with E-state index in [9.17, 15) is 14.7 Å². The number of carbonyl (C=O) groups is 2. The van der Waals surface area contributed by atoms with Crippen molar-refractivity contribution in [2.24, 2.45) is 5.41 Å². The van der Waals surface area contributed by atoms with Gasteiger partial charge >= 0.3 is 11.9 Å². The summed E-state index contributed by atoms with van der Waals surface area (Å²) >= 11 is 0. The van der Waals surface area contributed by atoms with Crippen LogP contribution in [0.1, 0.15) is 20.8 Å². The largest absolute Gasteiger partial charge is 0.456 e. The van der Waals surface area contributed by atoms with E-state index < -0.39 is 29.7 Å². The molecule has 0 aromatic carbocycles. The number of esters is 2. The molecule has 0 saturated carbocycles. The van der Waals surface area contributed by atoms with E-state index in [0.29, 0.717) is 0 Å². The number of carbonyl (C=O) groups excluding carboxylic acids is 2. The van der Waals surface area contributed by atoms with Gasteiger partial charge in [0.05, 0.1) is 0 Å². The smallest absolute Gasteiger partial charge is 0.332 e. The quantitative estimate of drug-likeness (QED) is 0.445. The molecule has 17 heavy (non-hydrogen) atoms. The van der Waals surface area contributed by atoms with Gasteiger partial charge < -0.3 is 14.6 Å². The van der Waals surface area contributed by atoms with E-state index in [0.717, 1.165) is 12.2 Å². The van der Waals surface area contributed by atoms with Gasteiger partial charge in [-0.25, -0.2) is 9.59 Å². The fourth-order valence-corrected chi connectivity index (χ4v) is 0.835. The summed E-state index contributed by atoms with van der Waals surface area (Å²) in [5.74, 6) is -3.42. The summed E-state index contributed by atoms with van der Waals surface area (Å²) in [5, 5.41) is 10.2. The van der Waals surface area contributed by atoms with Crippen molar-refractivity contribution in [1.29, 1.82) is 0 Å².